The Morgan fingerprint density at radius 2 is 2.44 bits per heavy atom. The fourth-order valence-corrected chi connectivity index (χ4v) is 1.96. The number of thiophene rings is 1. The molecule has 0 saturated heterocycles. The minimum Gasteiger partial charge on any atom is -0.496 e. The summed E-state index contributed by atoms with van der Waals surface area (Å²) in [4.78, 5) is 12.3. The first-order valence-corrected chi connectivity index (χ1v) is 6.00. The summed E-state index contributed by atoms with van der Waals surface area (Å²) in [6.07, 6.45) is 7.76. The lowest BCUT2D eigenvalue weighted by atomic mass is 10.2. The highest BCUT2D eigenvalue weighted by atomic mass is 32.1. The minimum atomic E-state index is -0.0472. The van der Waals surface area contributed by atoms with Gasteiger partial charge in [0.1, 0.15) is 5.75 Å². The van der Waals surface area contributed by atoms with Gasteiger partial charge in [0.2, 0.25) is 0 Å². The molecule has 16 heavy (non-hydrogen) atoms. The maximum atomic E-state index is 11.6. The van der Waals surface area contributed by atoms with Gasteiger partial charge in [-0.25, -0.2) is 0 Å². The molecule has 3 nitrogen and oxygen atoms in total. The van der Waals surface area contributed by atoms with E-state index in [1.54, 1.807) is 13.2 Å². The molecule has 4 heteroatoms. The van der Waals surface area contributed by atoms with Crippen LogP contribution in [0.25, 0.3) is 0 Å². The molecule has 0 unspecified atom stereocenters. The highest BCUT2D eigenvalue weighted by Gasteiger charge is 2.08. The van der Waals surface area contributed by atoms with Gasteiger partial charge in [-0.1, -0.05) is 0 Å². The number of nitrogens with one attached hydrogen (secondary N) is 1. The summed E-state index contributed by atoms with van der Waals surface area (Å²) in [5.74, 6) is 3.25. The van der Waals surface area contributed by atoms with Gasteiger partial charge in [-0.3, -0.25) is 4.79 Å². The second kappa shape index (κ2) is 6.91. The highest BCUT2D eigenvalue weighted by molar-refractivity contribution is 7.12. The third kappa shape index (κ3) is 3.95. The van der Waals surface area contributed by atoms with Gasteiger partial charge in [-0.2, -0.15) is 0 Å². The van der Waals surface area contributed by atoms with Crippen LogP contribution in [0.5, 0.6) is 5.75 Å². The van der Waals surface area contributed by atoms with Crippen molar-refractivity contribution in [3.8, 4) is 18.1 Å². The molecule has 0 aliphatic heterocycles. The van der Waals surface area contributed by atoms with Crippen molar-refractivity contribution in [1.29, 1.82) is 0 Å². The Bertz CT molecular complexity index is 379. The summed E-state index contributed by atoms with van der Waals surface area (Å²) in [5, 5.41) is 4.66. The van der Waals surface area contributed by atoms with Crippen molar-refractivity contribution in [3.05, 3.63) is 16.3 Å². The van der Waals surface area contributed by atoms with Gasteiger partial charge in [-0.15, -0.1) is 23.7 Å². The first-order chi connectivity index (χ1) is 7.77. The molecule has 1 rings (SSSR count). The second-order valence-corrected chi connectivity index (χ2v) is 4.18. The van der Waals surface area contributed by atoms with E-state index in [-0.39, 0.29) is 5.91 Å². The summed E-state index contributed by atoms with van der Waals surface area (Å²) < 4.78 is 5.01. The number of carbonyl (C=O) groups excluding carboxylic acids is 1. The lowest BCUT2D eigenvalue weighted by Crippen LogP contribution is -2.23. The Hall–Kier alpha value is -1.47. The van der Waals surface area contributed by atoms with E-state index in [9.17, 15) is 4.79 Å². The van der Waals surface area contributed by atoms with Crippen molar-refractivity contribution in [2.75, 3.05) is 13.7 Å². The molecule has 0 spiro atoms. The number of carbonyl (C=O) groups is 1. The van der Waals surface area contributed by atoms with E-state index in [2.05, 4.69) is 11.2 Å². The van der Waals surface area contributed by atoms with Gasteiger partial charge in [0.15, 0.2) is 0 Å². The van der Waals surface area contributed by atoms with E-state index in [0.29, 0.717) is 11.4 Å². The minimum absolute atomic E-state index is 0.0472. The molecular formula is C12H15NO2S. The zero-order valence-electron chi connectivity index (χ0n) is 9.29. The summed E-state index contributed by atoms with van der Waals surface area (Å²) in [7, 11) is 1.59. The summed E-state index contributed by atoms with van der Waals surface area (Å²) >= 11 is 1.38. The van der Waals surface area contributed by atoms with Crippen LogP contribution in [0.2, 0.25) is 0 Å². The lowest BCUT2D eigenvalue weighted by molar-refractivity contribution is 0.0957. The maximum Gasteiger partial charge on any atom is 0.261 e. The van der Waals surface area contributed by atoms with Crippen LogP contribution < -0.4 is 10.1 Å². The van der Waals surface area contributed by atoms with Crippen molar-refractivity contribution in [3.63, 3.8) is 0 Å². The van der Waals surface area contributed by atoms with E-state index >= 15 is 0 Å². The van der Waals surface area contributed by atoms with Crippen molar-refractivity contribution >= 4 is 17.2 Å². The average molecular weight is 237 g/mol. The number of terminal acetylenes is 1. The number of methoxy groups -OCH3 is 1. The molecule has 0 aliphatic rings. The molecule has 86 valence electrons. The molecule has 1 aromatic heterocycles. The molecule has 0 radical (unpaired) electrons. The zero-order valence-corrected chi connectivity index (χ0v) is 10.1. The third-order valence-electron chi connectivity index (χ3n) is 2.07. The van der Waals surface area contributed by atoms with Crippen LogP contribution in [-0.2, 0) is 0 Å². The SMILES string of the molecule is C#CCCCCNC(=O)c1cc(OC)cs1. The normalized spacial score (nSPS) is 9.50. The number of ether oxygens (including phenoxy) is 1. The number of rotatable bonds is 6. The predicted molar refractivity (Wildman–Crippen MR) is 65.9 cm³/mol. The molecule has 0 aliphatic carbocycles. The van der Waals surface area contributed by atoms with E-state index in [1.165, 1.54) is 11.3 Å². The Labute approximate surface area is 99.8 Å². The van der Waals surface area contributed by atoms with Crippen LogP contribution in [-0.4, -0.2) is 19.6 Å². The number of hydrogen-bond donors (Lipinski definition) is 1. The maximum absolute atomic E-state index is 11.6. The second-order valence-electron chi connectivity index (χ2n) is 3.27. The molecule has 0 aromatic carbocycles. The quantitative estimate of drug-likeness (QED) is 0.609. The molecular weight excluding hydrogens is 222 g/mol. The largest absolute Gasteiger partial charge is 0.496 e. The van der Waals surface area contributed by atoms with Crippen molar-refractivity contribution in [1.82, 2.24) is 5.32 Å². The molecule has 1 amide bonds. The Kier molecular flexibility index (Phi) is 5.44. The van der Waals surface area contributed by atoms with Crippen molar-refractivity contribution in [2.45, 2.75) is 19.3 Å². The van der Waals surface area contributed by atoms with Crippen LogP contribution in [0.15, 0.2) is 11.4 Å². The fourth-order valence-electron chi connectivity index (χ4n) is 1.19. The van der Waals surface area contributed by atoms with Gasteiger partial charge >= 0.3 is 0 Å². The predicted octanol–water partition coefficient (Wildman–Crippen LogP) is 2.29. The lowest BCUT2D eigenvalue weighted by Gasteiger charge is -2.01. The molecule has 1 N–H and O–H groups in total. The number of hydrogen-bond acceptors (Lipinski definition) is 3. The van der Waals surface area contributed by atoms with Crippen LogP contribution in [0.4, 0.5) is 0 Å². The first-order valence-electron chi connectivity index (χ1n) is 5.12. The third-order valence-corrected chi connectivity index (χ3v) is 2.98. The van der Waals surface area contributed by atoms with Crippen LogP contribution >= 0.6 is 11.3 Å². The molecule has 1 heterocycles. The topological polar surface area (TPSA) is 38.3 Å². The molecule has 0 atom stereocenters. The van der Waals surface area contributed by atoms with Gasteiger partial charge in [0.05, 0.1) is 12.0 Å². The smallest absolute Gasteiger partial charge is 0.261 e. The molecule has 0 fully saturated rings. The van der Waals surface area contributed by atoms with Gasteiger partial charge < -0.3 is 10.1 Å². The summed E-state index contributed by atoms with van der Waals surface area (Å²) in [5.41, 5.74) is 0. The standard InChI is InChI=1S/C12H15NO2S/c1-3-4-5-6-7-13-12(14)11-8-10(15-2)9-16-11/h1,8-9H,4-7H2,2H3,(H,13,14). The van der Waals surface area contributed by atoms with E-state index < -0.39 is 0 Å². The Balaban J connectivity index is 2.27. The van der Waals surface area contributed by atoms with Crippen molar-refractivity contribution in [2.24, 2.45) is 0 Å². The van der Waals surface area contributed by atoms with Gasteiger partial charge in [0.25, 0.3) is 5.91 Å². The van der Waals surface area contributed by atoms with Gasteiger partial charge in [0, 0.05) is 24.4 Å². The summed E-state index contributed by atoms with van der Waals surface area (Å²) in [6, 6.07) is 1.74. The average Bonchev–Trinajstić information content (AvgIpc) is 2.77. The monoisotopic (exact) mass is 237 g/mol. The first kappa shape index (κ1) is 12.6. The van der Waals surface area contributed by atoms with Crippen LogP contribution in [0, 0.1) is 12.3 Å². The van der Waals surface area contributed by atoms with E-state index in [4.69, 9.17) is 11.2 Å². The number of unbranched alkanes of at least 4 members (excludes halogenated alkanes) is 2. The van der Waals surface area contributed by atoms with Gasteiger partial charge in [-0.05, 0) is 12.8 Å². The van der Waals surface area contributed by atoms with Crippen LogP contribution in [0.1, 0.15) is 28.9 Å². The zero-order chi connectivity index (χ0) is 11.8. The van der Waals surface area contributed by atoms with Crippen molar-refractivity contribution < 1.29 is 9.53 Å². The van der Waals surface area contributed by atoms with E-state index in [1.807, 2.05) is 5.38 Å². The Morgan fingerprint density at radius 1 is 1.62 bits per heavy atom. The molecule has 0 bridgehead atoms. The highest BCUT2D eigenvalue weighted by Crippen LogP contribution is 2.20. The number of amides is 1. The molecule has 0 saturated carbocycles. The summed E-state index contributed by atoms with van der Waals surface area (Å²) in [6.45, 7) is 0.667. The van der Waals surface area contributed by atoms with Crippen LogP contribution in [0.3, 0.4) is 0 Å². The fraction of sp³-hybridized carbons (Fsp3) is 0.417. The van der Waals surface area contributed by atoms with E-state index in [0.717, 1.165) is 25.0 Å². The Morgan fingerprint density at radius 3 is 3.06 bits per heavy atom. The molecule has 1 aromatic rings.